The highest BCUT2D eigenvalue weighted by Crippen LogP contribution is 2.41. The van der Waals surface area contributed by atoms with Gasteiger partial charge >= 0.3 is 0 Å². The Bertz CT molecular complexity index is 780. The molecule has 1 aliphatic heterocycles. The minimum Gasteiger partial charge on any atom is -0.437 e. The maximum absolute atomic E-state index is 11.2. The molecule has 2 aromatic heterocycles. The van der Waals surface area contributed by atoms with Crippen LogP contribution in [-0.2, 0) is 14.0 Å². The summed E-state index contributed by atoms with van der Waals surface area (Å²) >= 11 is 6.10. The Balaban J connectivity index is 1.96. The molecule has 24 heavy (non-hydrogen) atoms. The molecule has 0 amide bonds. The smallest absolute Gasteiger partial charge is 0.272 e. The first kappa shape index (κ1) is 15.2. The summed E-state index contributed by atoms with van der Waals surface area (Å²) in [6.45, 7) is 4.80. The van der Waals surface area contributed by atoms with Crippen LogP contribution in [0.5, 0.6) is 0 Å². The summed E-state index contributed by atoms with van der Waals surface area (Å²) in [5.41, 5.74) is -0.943. The zero-order chi connectivity index (χ0) is 19.1. The van der Waals surface area contributed by atoms with E-state index in [1.165, 1.54) is 6.33 Å². The lowest BCUT2D eigenvalue weighted by atomic mass is 9.93. The van der Waals surface area contributed by atoms with E-state index < -0.39 is 38.9 Å². The van der Waals surface area contributed by atoms with Gasteiger partial charge in [-0.15, -0.1) is 0 Å². The van der Waals surface area contributed by atoms with Crippen LogP contribution in [0.15, 0.2) is 18.6 Å². The Labute approximate surface area is 149 Å². The highest BCUT2D eigenvalue weighted by Gasteiger charge is 2.54. The Morgan fingerprint density at radius 3 is 3.00 bits per heavy atom. The number of aliphatic hydroxyl groups is 1. The third-order valence-corrected chi connectivity index (χ3v) is 4.44. The third kappa shape index (κ3) is 2.95. The van der Waals surface area contributed by atoms with Gasteiger partial charge in [0.05, 0.1) is 12.0 Å². The number of nitrogens with zero attached hydrogens (tertiary/aromatic N) is 3. The van der Waals surface area contributed by atoms with Gasteiger partial charge in [-0.25, -0.2) is 9.97 Å². The van der Waals surface area contributed by atoms with E-state index in [2.05, 4.69) is 9.97 Å². The fourth-order valence-corrected chi connectivity index (χ4v) is 3.25. The summed E-state index contributed by atoms with van der Waals surface area (Å²) in [6, 6.07) is 1.75. The molecule has 3 heterocycles. The zero-order valence-corrected chi connectivity index (χ0v) is 14.5. The van der Waals surface area contributed by atoms with Gasteiger partial charge < -0.3 is 23.7 Å². The summed E-state index contributed by atoms with van der Waals surface area (Å²) in [7, 11) is -1.60. The number of fused-ring (bicyclic) bond motifs is 1. The molecule has 10 heteroatoms. The van der Waals surface area contributed by atoms with E-state index in [-0.39, 0.29) is 6.61 Å². The van der Waals surface area contributed by atoms with Crippen molar-refractivity contribution >= 4 is 37.5 Å². The molecule has 0 aliphatic carbocycles. The molecule has 0 saturated carbocycles. The van der Waals surface area contributed by atoms with Crippen molar-refractivity contribution in [1.82, 2.24) is 14.5 Å². The van der Waals surface area contributed by atoms with Crippen molar-refractivity contribution in [2.45, 2.75) is 44.6 Å². The molecular weight excluding hydrogens is 331 g/mol. The number of aromatic nitrogens is 3. The molecular formula is C14H20B2ClN3O4. The molecule has 3 rings (SSSR count). The maximum Gasteiger partial charge on any atom is 0.272 e. The van der Waals surface area contributed by atoms with Crippen LogP contribution in [0.3, 0.4) is 0 Å². The second-order valence-corrected chi connectivity index (χ2v) is 6.10. The number of hydrogen-bond acceptors (Lipinski definition) is 6. The molecule has 2 aromatic rings. The lowest BCUT2D eigenvalue weighted by molar-refractivity contribution is -0.0915. The highest BCUT2D eigenvalue weighted by molar-refractivity contribution is 6.33. The van der Waals surface area contributed by atoms with Gasteiger partial charge in [-0.05, 0) is 13.0 Å². The van der Waals surface area contributed by atoms with Crippen molar-refractivity contribution in [2.24, 2.45) is 0 Å². The quantitative estimate of drug-likeness (QED) is 0.615. The SMILES string of the molecule is [2H]B(C)OC[C@H]1O[C@@H](n2ccc3c(Cl)ncnc32)[C@](C)(O)[C@@H]1OB([2H])C. The van der Waals surface area contributed by atoms with Crippen molar-refractivity contribution in [1.29, 1.82) is 2.67 Å². The minimum atomic E-state index is -1.46. The van der Waals surface area contributed by atoms with E-state index in [4.69, 9.17) is 28.3 Å². The van der Waals surface area contributed by atoms with Crippen molar-refractivity contribution in [3.63, 3.8) is 0 Å². The zero-order valence-electron chi connectivity index (χ0n) is 15.7. The second-order valence-electron chi connectivity index (χ2n) is 5.74. The molecule has 0 unspecified atom stereocenters. The van der Waals surface area contributed by atoms with Gasteiger partial charge in [-0.3, -0.25) is 0 Å². The summed E-state index contributed by atoms with van der Waals surface area (Å²) in [5.74, 6) is 0. The summed E-state index contributed by atoms with van der Waals surface area (Å²) in [5, 5.41) is 12.1. The molecule has 4 atom stereocenters. The molecule has 0 aromatic carbocycles. The van der Waals surface area contributed by atoms with Crippen LogP contribution in [0.25, 0.3) is 11.0 Å². The van der Waals surface area contributed by atoms with Gasteiger partial charge in [0, 0.05) is 8.87 Å². The van der Waals surface area contributed by atoms with Crippen LogP contribution in [0.1, 0.15) is 13.2 Å². The number of hydrogen-bond donors (Lipinski definition) is 1. The Morgan fingerprint density at radius 1 is 1.50 bits per heavy atom. The summed E-state index contributed by atoms with van der Waals surface area (Å²) < 4.78 is 33.9. The van der Waals surface area contributed by atoms with Gasteiger partial charge in [-0.1, -0.05) is 25.2 Å². The normalized spacial score (nSPS) is 31.1. The van der Waals surface area contributed by atoms with E-state index in [9.17, 15) is 5.11 Å². The van der Waals surface area contributed by atoms with E-state index >= 15 is 0 Å². The molecule has 128 valence electrons. The second kappa shape index (κ2) is 7.01. The van der Waals surface area contributed by atoms with E-state index in [0.29, 0.717) is 16.2 Å². The average molecular weight is 353 g/mol. The fourth-order valence-electron chi connectivity index (χ4n) is 3.06. The molecule has 1 saturated heterocycles. The highest BCUT2D eigenvalue weighted by atomic mass is 35.5. The predicted octanol–water partition coefficient (Wildman–Crippen LogP) is 0.934. The first-order chi connectivity index (χ1) is 12.2. The third-order valence-electron chi connectivity index (χ3n) is 4.14. The lowest BCUT2D eigenvalue weighted by Gasteiger charge is -2.30. The first-order valence-corrected chi connectivity index (χ1v) is 8.06. The predicted molar refractivity (Wildman–Crippen MR) is 93.9 cm³/mol. The Hall–Kier alpha value is -1.12. The Morgan fingerprint density at radius 2 is 2.29 bits per heavy atom. The maximum atomic E-state index is 11.2. The summed E-state index contributed by atoms with van der Waals surface area (Å²) in [4.78, 5) is 8.18. The monoisotopic (exact) mass is 353 g/mol. The van der Waals surface area contributed by atoms with Crippen molar-refractivity contribution < 1.29 is 19.2 Å². The van der Waals surface area contributed by atoms with Crippen LogP contribution in [0, 0.1) is 0 Å². The van der Waals surface area contributed by atoms with Gasteiger partial charge in [-0.2, -0.15) is 0 Å². The average Bonchev–Trinajstić information content (AvgIpc) is 3.06. The number of halogens is 1. The number of ether oxygens (including phenoxy) is 1. The molecule has 1 N–H and O–H groups in total. The molecule has 0 radical (unpaired) electrons. The fraction of sp³-hybridized carbons (Fsp3) is 0.571. The molecule has 0 bridgehead atoms. The van der Waals surface area contributed by atoms with Crippen molar-refractivity contribution in [2.75, 3.05) is 6.61 Å². The van der Waals surface area contributed by atoms with Gasteiger partial charge in [0.15, 0.2) is 6.23 Å². The first-order valence-electron chi connectivity index (χ1n) is 8.83. The van der Waals surface area contributed by atoms with Crippen molar-refractivity contribution in [3.05, 3.63) is 23.7 Å². The lowest BCUT2D eigenvalue weighted by Crippen LogP contribution is -2.46. The van der Waals surface area contributed by atoms with Gasteiger partial charge in [0.1, 0.15) is 34.9 Å². The van der Waals surface area contributed by atoms with E-state index in [0.717, 1.165) is 0 Å². The molecule has 7 nitrogen and oxygen atoms in total. The van der Waals surface area contributed by atoms with Crippen LogP contribution in [0.2, 0.25) is 18.8 Å². The standard InChI is InChI=1S/C14H20B2ClN3O4/c1-14(21)10(24-16-3)9(6-22-15-2)23-13(14)20-5-4-8-11(17)18-7-19-12(8)20/h4-5,7,9-10,13,15-16,21H,6H2,1-3H3/t9-,10-,13-,14-/m1/s1/i15D,16D. The van der Waals surface area contributed by atoms with Crippen LogP contribution in [-0.4, -0.2) is 61.6 Å². The minimum absolute atomic E-state index is 0.0592. The van der Waals surface area contributed by atoms with Crippen LogP contribution >= 0.6 is 11.6 Å². The van der Waals surface area contributed by atoms with Crippen molar-refractivity contribution in [3.8, 4) is 0 Å². The van der Waals surface area contributed by atoms with Gasteiger partial charge in [0.2, 0.25) is 0 Å². The van der Waals surface area contributed by atoms with Crippen LogP contribution in [0.4, 0.5) is 0 Å². The van der Waals surface area contributed by atoms with Crippen LogP contribution < -0.4 is 0 Å². The molecule has 1 aliphatic rings. The molecule has 1 fully saturated rings. The topological polar surface area (TPSA) is 78.6 Å². The molecule has 0 spiro atoms. The largest absolute Gasteiger partial charge is 0.437 e. The van der Waals surface area contributed by atoms with E-state index in [1.54, 1.807) is 37.4 Å². The Kier molecular flexibility index (Phi) is 4.43. The van der Waals surface area contributed by atoms with E-state index in [1.807, 2.05) is 0 Å². The number of rotatable bonds is 6. The van der Waals surface area contributed by atoms with Gasteiger partial charge in [0.25, 0.3) is 14.9 Å². The summed E-state index contributed by atoms with van der Waals surface area (Å²) in [6.07, 6.45) is 0.762.